The van der Waals surface area contributed by atoms with Crippen LogP contribution in [0.2, 0.25) is 0 Å². The monoisotopic (exact) mass is 914 g/mol. The first kappa shape index (κ1) is 48.2. The van der Waals surface area contributed by atoms with E-state index in [1.54, 1.807) is 12.1 Å². The summed E-state index contributed by atoms with van der Waals surface area (Å²) in [5.41, 5.74) is 4.62. The van der Waals surface area contributed by atoms with Gasteiger partial charge >= 0.3 is 18.3 Å². The van der Waals surface area contributed by atoms with Crippen molar-refractivity contribution in [3.8, 4) is 0 Å². The maximum atomic E-state index is 15.0. The molecule has 6 aromatic rings. The smallest absolute Gasteiger partial charge is 0.416 e. The number of alkyl carbamates (subject to hydrolysis) is 2. The molecule has 68 heavy (non-hydrogen) atoms. The van der Waals surface area contributed by atoms with E-state index >= 15 is 4.79 Å². The molecule has 4 amide bonds. The van der Waals surface area contributed by atoms with E-state index in [9.17, 15) is 14.4 Å². The number of amides is 4. The van der Waals surface area contributed by atoms with Gasteiger partial charge in [-0.25, -0.2) is 19.3 Å². The van der Waals surface area contributed by atoms with Gasteiger partial charge in [0.15, 0.2) is 0 Å². The summed E-state index contributed by atoms with van der Waals surface area (Å²) in [4.78, 5) is 58.0. The van der Waals surface area contributed by atoms with Crippen LogP contribution in [0.4, 0.5) is 14.4 Å². The molecule has 350 valence electrons. The highest BCUT2D eigenvalue weighted by Gasteiger charge is 2.36. The van der Waals surface area contributed by atoms with Crippen molar-refractivity contribution >= 4 is 40.9 Å². The largest absolute Gasteiger partial charge is 0.445 e. The number of hydrogen-bond acceptors (Lipinski definition) is 9. The average Bonchev–Trinajstić information content (AvgIpc) is 3.53. The van der Waals surface area contributed by atoms with Crippen LogP contribution in [0, 0.1) is 5.41 Å². The fourth-order valence-electron chi connectivity index (χ4n) is 8.45. The lowest BCUT2D eigenvalue weighted by Gasteiger charge is -2.30. The minimum Gasteiger partial charge on any atom is -0.445 e. The first-order chi connectivity index (χ1) is 33.2. The zero-order valence-electron chi connectivity index (χ0n) is 38.0. The Morgan fingerprint density at radius 2 is 1.32 bits per heavy atom. The van der Waals surface area contributed by atoms with Gasteiger partial charge in [-0.1, -0.05) is 176 Å². The summed E-state index contributed by atoms with van der Waals surface area (Å²) in [5, 5.41) is 20.2. The van der Waals surface area contributed by atoms with Gasteiger partial charge in [0, 0.05) is 31.6 Å². The highest BCUT2D eigenvalue weighted by atomic mass is 16.6. The second kappa shape index (κ2) is 24.7. The average molecular weight is 915 g/mol. The Hall–Kier alpha value is -7.77. The van der Waals surface area contributed by atoms with E-state index in [1.165, 1.54) is 6.08 Å². The quantitative estimate of drug-likeness (QED) is 0.0287. The number of rotatable bonds is 18. The van der Waals surface area contributed by atoms with E-state index in [0.717, 1.165) is 43.5 Å². The Balaban J connectivity index is 1.15. The third kappa shape index (κ3) is 13.9. The molecule has 1 aliphatic rings. The molecule has 0 bridgehead atoms. The number of carbonyl (C=O) groups excluding carboxylic acids is 4. The molecule has 0 aromatic heterocycles. The van der Waals surface area contributed by atoms with E-state index in [1.807, 2.05) is 108 Å². The first-order valence-electron chi connectivity index (χ1n) is 22.9. The predicted molar refractivity (Wildman–Crippen MR) is 263 cm³/mol. The third-order valence-electron chi connectivity index (χ3n) is 11.9. The standard InChI is InChI=1S/C55H58N6O7/c1-2-34-66-53(63)58-50(36-42-29-30-43-22-15-16-27-46(43)35-42)48-31-33-60(37-47(44-23-11-5-12-24-44)45-25-13-6-14-26-45)51(62)49(57-48)28-17-32-61(55(65)68-39-41-20-9-4-10-21-41)52(56)59-54(64)67-38-40-18-7-3-8-19-40/h2-16,18-27,29-30,35,47-50,57H,1,17,28,31-34,36-39H2,(H,58,63)(H2,56,59,64)/t48?,49-,50?/m0/s1. The Morgan fingerprint density at radius 1 is 0.735 bits per heavy atom. The van der Waals surface area contributed by atoms with Crippen molar-refractivity contribution in [3.63, 3.8) is 0 Å². The number of ether oxygens (including phenoxy) is 3. The minimum absolute atomic E-state index is 0.0285. The van der Waals surface area contributed by atoms with Crippen LogP contribution in [0.1, 0.15) is 53.0 Å². The van der Waals surface area contributed by atoms with Crippen molar-refractivity contribution in [3.05, 3.63) is 204 Å². The predicted octanol–water partition coefficient (Wildman–Crippen LogP) is 9.33. The van der Waals surface area contributed by atoms with E-state index in [0.29, 0.717) is 25.9 Å². The molecule has 2 unspecified atom stereocenters. The molecule has 13 nitrogen and oxygen atoms in total. The van der Waals surface area contributed by atoms with Crippen molar-refractivity contribution in [1.29, 1.82) is 5.41 Å². The van der Waals surface area contributed by atoms with Crippen molar-refractivity contribution in [1.82, 2.24) is 25.8 Å². The summed E-state index contributed by atoms with van der Waals surface area (Å²) in [6.45, 7) is 4.32. The van der Waals surface area contributed by atoms with Crippen LogP contribution in [-0.2, 0) is 38.6 Å². The molecule has 4 N–H and O–H groups in total. The molecule has 0 spiro atoms. The summed E-state index contributed by atoms with van der Waals surface area (Å²) in [7, 11) is 0. The Morgan fingerprint density at radius 3 is 1.96 bits per heavy atom. The van der Waals surface area contributed by atoms with Gasteiger partial charge in [-0.05, 0) is 64.3 Å². The zero-order valence-corrected chi connectivity index (χ0v) is 38.0. The van der Waals surface area contributed by atoms with Crippen LogP contribution in [0.3, 0.4) is 0 Å². The maximum Gasteiger partial charge on any atom is 0.416 e. The molecule has 1 saturated heterocycles. The molecule has 1 heterocycles. The molecule has 7 rings (SSSR count). The molecule has 0 aliphatic carbocycles. The molecule has 0 saturated carbocycles. The van der Waals surface area contributed by atoms with Crippen LogP contribution in [0.15, 0.2) is 176 Å². The minimum atomic E-state index is -0.915. The lowest BCUT2D eigenvalue weighted by Crippen LogP contribution is -2.55. The van der Waals surface area contributed by atoms with Crippen LogP contribution < -0.4 is 16.0 Å². The van der Waals surface area contributed by atoms with E-state index in [4.69, 9.17) is 19.6 Å². The fraction of sp³-hybridized carbons (Fsp3) is 0.255. The highest BCUT2D eigenvalue weighted by molar-refractivity contribution is 5.99. The van der Waals surface area contributed by atoms with Gasteiger partial charge in [-0.3, -0.25) is 15.5 Å². The molecule has 0 radical (unpaired) electrons. The lowest BCUT2D eigenvalue weighted by molar-refractivity contribution is -0.133. The summed E-state index contributed by atoms with van der Waals surface area (Å²) in [5.74, 6) is -0.812. The Kier molecular flexibility index (Phi) is 17.5. The Bertz CT molecular complexity index is 2560. The van der Waals surface area contributed by atoms with Crippen molar-refractivity contribution in [2.45, 2.75) is 62.9 Å². The van der Waals surface area contributed by atoms with E-state index in [2.05, 4.69) is 71.1 Å². The summed E-state index contributed by atoms with van der Waals surface area (Å²) >= 11 is 0. The second-order valence-electron chi connectivity index (χ2n) is 16.7. The summed E-state index contributed by atoms with van der Waals surface area (Å²) in [6, 6.07) is 51.1. The molecule has 3 atom stereocenters. The number of fused-ring (bicyclic) bond motifs is 1. The van der Waals surface area contributed by atoms with E-state index in [-0.39, 0.29) is 51.0 Å². The summed E-state index contributed by atoms with van der Waals surface area (Å²) in [6.07, 6.45) is 0.517. The van der Waals surface area contributed by atoms with Gasteiger partial charge in [0.25, 0.3) is 0 Å². The van der Waals surface area contributed by atoms with Crippen LogP contribution in [0.25, 0.3) is 10.8 Å². The number of benzene rings is 6. The maximum absolute atomic E-state index is 15.0. The van der Waals surface area contributed by atoms with Crippen LogP contribution in [-0.4, -0.2) is 84.3 Å². The van der Waals surface area contributed by atoms with Gasteiger partial charge in [-0.15, -0.1) is 0 Å². The van der Waals surface area contributed by atoms with Crippen molar-refractivity contribution in [2.24, 2.45) is 0 Å². The van der Waals surface area contributed by atoms with Gasteiger partial charge in [-0.2, -0.15) is 0 Å². The van der Waals surface area contributed by atoms with Gasteiger partial charge in [0.2, 0.25) is 11.9 Å². The molecule has 13 heteroatoms. The molecule has 6 aromatic carbocycles. The molecular weight excluding hydrogens is 857 g/mol. The SMILES string of the molecule is C=CCOC(=O)NC(Cc1ccc2ccccc2c1)C1CCN(CC(c2ccccc2)c2ccccc2)C(=O)[C@H](CCCN(C(=N)NC(=O)OCc2ccccc2)C(=O)OCc2ccccc2)N1. The second-order valence-corrected chi connectivity index (χ2v) is 16.7. The van der Waals surface area contributed by atoms with Crippen molar-refractivity contribution in [2.75, 3.05) is 26.2 Å². The molecule has 1 fully saturated rings. The van der Waals surface area contributed by atoms with Crippen LogP contribution in [0.5, 0.6) is 0 Å². The van der Waals surface area contributed by atoms with E-state index < -0.39 is 42.4 Å². The number of nitrogens with one attached hydrogen (secondary N) is 4. The summed E-state index contributed by atoms with van der Waals surface area (Å²) < 4.78 is 16.5. The van der Waals surface area contributed by atoms with Crippen molar-refractivity contribution < 1.29 is 33.4 Å². The van der Waals surface area contributed by atoms with Gasteiger partial charge in [0.05, 0.1) is 12.1 Å². The normalized spacial score (nSPS) is 15.1. The number of guanidine groups is 1. The number of nitrogens with zero attached hydrogens (tertiary/aromatic N) is 2. The zero-order chi connectivity index (χ0) is 47.5. The van der Waals surface area contributed by atoms with Gasteiger partial charge < -0.3 is 29.7 Å². The number of hydrogen-bond donors (Lipinski definition) is 4. The molecule has 1 aliphatic heterocycles. The highest BCUT2D eigenvalue weighted by Crippen LogP contribution is 2.28. The third-order valence-corrected chi connectivity index (χ3v) is 11.9. The van der Waals surface area contributed by atoms with Crippen LogP contribution >= 0.6 is 0 Å². The molecular formula is C55H58N6O7. The number of carbonyl (C=O) groups is 4. The Labute approximate surface area is 397 Å². The first-order valence-corrected chi connectivity index (χ1v) is 22.9. The lowest BCUT2D eigenvalue weighted by atomic mass is 9.90. The fourth-order valence-corrected chi connectivity index (χ4v) is 8.45. The van der Waals surface area contributed by atoms with Gasteiger partial charge in [0.1, 0.15) is 19.8 Å². The topological polar surface area (TPSA) is 162 Å².